The quantitative estimate of drug-likeness (QED) is 0.778. The van der Waals surface area contributed by atoms with Crippen LogP contribution in [-0.4, -0.2) is 19.0 Å². The normalized spacial score (nSPS) is 11.6. The molecule has 0 fully saturated rings. The number of esters is 1. The predicted molar refractivity (Wildman–Crippen MR) is 93.7 cm³/mol. The molecule has 4 nitrogen and oxygen atoms in total. The maximum absolute atomic E-state index is 12.3. The summed E-state index contributed by atoms with van der Waals surface area (Å²) in [6.07, 6.45) is 1.02. The van der Waals surface area contributed by atoms with E-state index in [4.69, 9.17) is 16.3 Å². The molecule has 0 spiro atoms. The second kappa shape index (κ2) is 9.08. The number of halogens is 1. The van der Waals surface area contributed by atoms with Gasteiger partial charge in [0.05, 0.1) is 19.6 Å². The molecule has 0 aliphatic heterocycles. The zero-order valence-corrected chi connectivity index (χ0v) is 14.3. The average molecular weight is 346 g/mol. The van der Waals surface area contributed by atoms with E-state index in [1.165, 1.54) is 7.11 Å². The fraction of sp³-hybridized carbons (Fsp3) is 0.263. The Labute approximate surface area is 146 Å². The molecule has 5 heteroatoms. The Hall–Kier alpha value is -2.33. The van der Waals surface area contributed by atoms with Crippen LogP contribution < -0.4 is 5.32 Å². The lowest BCUT2D eigenvalue weighted by molar-refractivity contribution is -0.141. The lowest BCUT2D eigenvalue weighted by Crippen LogP contribution is -2.30. The fourth-order valence-corrected chi connectivity index (χ4v) is 2.68. The number of aryl methyl sites for hydroxylation is 1. The molecule has 1 unspecified atom stereocenters. The van der Waals surface area contributed by atoms with Crippen LogP contribution in [0.25, 0.3) is 0 Å². The van der Waals surface area contributed by atoms with E-state index in [0.29, 0.717) is 23.4 Å². The van der Waals surface area contributed by atoms with E-state index in [2.05, 4.69) is 5.32 Å². The third-order valence-corrected chi connectivity index (χ3v) is 4.04. The highest BCUT2D eigenvalue weighted by molar-refractivity contribution is 6.31. The first-order valence-electron chi connectivity index (χ1n) is 7.74. The monoisotopic (exact) mass is 345 g/mol. The smallest absolute Gasteiger partial charge is 0.307 e. The second-order valence-corrected chi connectivity index (χ2v) is 5.81. The zero-order chi connectivity index (χ0) is 17.4. The van der Waals surface area contributed by atoms with Crippen LogP contribution in [-0.2, 0) is 20.7 Å². The van der Waals surface area contributed by atoms with E-state index < -0.39 is 12.0 Å². The molecule has 0 saturated heterocycles. The molecular weight excluding hydrogens is 326 g/mol. The van der Waals surface area contributed by atoms with Crippen molar-refractivity contribution in [3.63, 3.8) is 0 Å². The van der Waals surface area contributed by atoms with Crippen LogP contribution in [0.5, 0.6) is 0 Å². The van der Waals surface area contributed by atoms with Gasteiger partial charge in [0.25, 0.3) is 0 Å². The molecule has 24 heavy (non-hydrogen) atoms. The van der Waals surface area contributed by atoms with Crippen LogP contribution >= 0.6 is 11.6 Å². The molecule has 0 aliphatic rings. The van der Waals surface area contributed by atoms with Gasteiger partial charge in [-0.1, -0.05) is 60.1 Å². The van der Waals surface area contributed by atoms with Gasteiger partial charge in [-0.05, 0) is 23.6 Å². The van der Waals surface area contributed by atoms with Crippen LogP contribution in [0.4, 0.5) is 0 Å². The summed E-state index contributed by atoms with van der Waals surface area (Å²) in [5.41, 5.74) is 1.80. The molecule has 0 bridgehead atoms. The first-order chi connectivity index (χ1) is 11.6. The van der Waals surface area contributed by atoms with Crippen molar-refractivity contribution in [2.75, 3.05) is 7.11 Å². The molecule has 2 rings (SSSR count). The fourth-order valence-electron chi connectivity index (χ4n) is 2.42. The third-order valence-electron chi connectivity index (χ3n) is 3.70. The average Bonchev–Trinajstić information content (AvgIpc) is 2.60. The van der Waals surface area contributed by atoms with E-state index >= 15 is 0 Å². The highest BCUT2D eigenvalue weighted by atomic mass is 35.5. The minimum atomic E-state index is -0.505. The van der Waals surface area contributed by atoms with Gasteiger partial charge in [0.2, 0.25) is 5.91 Å². The molecule has 1 amide bonds. The Morgan fingerprint density at radius 2 is 1.75 bits per heavy atom. The number of rotatable bonds is 7. The van der Waals surface area contributed by atoms with Crippen molar-refractivity contribution in [1.82, 2.24) is 5.32 Å². The molecule has 2 aromatic carbocycles. The van der Waals surface area contributed by atoms with Crippen LogP contribution in [0.3, 0.4) is 0 Å². The van der Waals surface area contributed by atoms with Crippen LogP contribution in [0.1, 0.15) is 30.0 Å². The summed E-state index contributed by atoms with van der Waals surface area (Å²) in [5.74, 6) is -0.532. The summed E-state index contributed by atoms with van der Waals surface area (Å²) >= 11 is 6.20. The summed E-state index contributed by atoms with van der Waals surface area (Å²) in [4.78, 5) is 23.9. The standard InChI is InChI=1S/C19H20ClNO3/c1-24-19(23)13-17(15-9-5-6-10-16(15)20)21-18(22)12-11-14-7-3-2-4-8-14/h2-10,17H,11-13H2,1H3,(H,21,22). The molecule has 2 aromatic rings. The SMILES string of the molecule is COC(=O)CC(NC(=O)CCc1ccccc1)c1ccccc1Cl. The summed E-state index contributed by atoms with van der Waals surface area (Å²) in [6.45, 7) is 0. The minimum absolute atomic E-state index is 0.0390. The van der Waals surface area contributed by atoms with Crippen LogP contribution in [0.15, 0.2) is 54.6 Å². The van der Waals surface area contributed by atoms with Crippen molar-refractivity contribution < 1.29 is 14.3 Å². The van der Waals surface area contributed by atoms with Crippen molar-refractivity contribution in [3.05, 3.63) is 70.7 Å². The molecule has 1 N–H and O–H groups in total. The Kier molecular flexibility index (Phi) is 6.82. The van der Waals surface area contributed by atoms with Crippen molar-refractivity contribution in [2.45, 2.75) is 25.3 Å². The predicted octanol–water partition coefficient (Wildman–Crippen LogP) is 3.69. The Morgan fingerprint density at radius 3 is 2.42 bits per heavy atom. The van der Waals surface area contributed by atoms with Gasteiger partial charge in [-0.3, -0.25) is 9.59 Å². The molecule has 0 radical (unpaired) electrons. The number of hydrogen-bond donors (Lipinski definition) is 1. The van der Waals surface area contributed by atoms with E-state index in [1.54, 1.807) is 18.2 Å². The van der Waals surface area contributed by atoms with Crippen LogP contribution in [0.2, 0.25) is 5.02 Å². The van der Waals surface area contributed by atoms with Crippen molar-refractivity contribution in [3.8, 4) is 0 Å². The number of amides is 1. The van der Waals surface area contributed by atoms with Gasteiger partial charge in [-0.25, -0.2) is 0 Å². The lowest BCUT2D eigenvalue weighted by atomic mass is 10.0. The molecule has 126 valence electrons. The van der Waals surface area contributed by atoms with Gasteiger partial charge >= 0.3 is 5.97 Å². The second-order valence-electron chi connectivity index (χ2n) is 5.41. The van der Waals surface area contributed by atoms with Crippen molar-refractivity contribution in [2.24, 2.45) is 0 Å². The van der Waals surface area contributed by atoms with Gasteiger partial charge in [0, 0.05) is 11.4 Å². The highest BCUT2D eigenvalue weighted by Gasteiger charge is 2.20. The van der Waals surface area contributed by atoms with Gasteiger partial charge in [-0.15, -0.1) is 0 Å². The molecule has 1 atom stereocenters. The zero-order valence-electron chi connectivity index (χ0n) is 13.5. The molecule has 0 aliphatic carbocycles. The minimum Gasteiger partial charge on any atom is -0.469 e. The maximum Gasteiger partial charge on any atom is 0.307 e. The first kappa shape index (κ1) is 18.0. The number of methoxy groups -OCH3 is 1. The summed E-state index contributed by atoms with van der Waals surface area (Å²) in [7, 11) is 1.32. The molecular formula is C19H20ClNO3. The Bertz CT molecular complexity index is 688. The molecule has 0 aromatic heterocycles. The number of hydrogen-bond acceptors (Lipinski definition) is 3. The van der Waals surface area contributed by atoms with Crippen LogP contribution in [0, 0.1) is 0 Å². The number of ether oxygens (including phenoxy) is 1. The largest absolute Gasteiger partial charge is 0.469 e. The van der Waals surface area contributed by atoms with E-state index in [-0.39, 0.29) is 12.3 Å². The van der Waals surface area contributed by atoms with Crippen molar-refractivity contribution in [1.29, 1.82) is 0 Å². The topological polar surface area (TPSA) is 55.4 Å². The van der Waals surface area contributed by atoms with Crippen molar-refractivity contribution >= 4 is 23.5 Å². The van der Waals surface area contributed by atoms with E-state index in [1.807, 2.05) is 36.4 Å². The van der Waals surface area contributed by atoms with Gasteiger partial charge < -0.3 is 10.1 Å². The summed E-state index contributed by atoms with van der Waals surface area (Å²) < 4.78 is 4.72. The van der Waals surface area contributed by atoms with Gasteiger partial charge in [-0.2, -0.15) is 0 Å². The van der Waals surface area contributed by atoms with Gasteiger partial charge in [0.1, 0.15) is 0 Å². The Morgan fingerprint density at radius 1 is 1.08 bits per heavy atom. The van der Waals surface area contributed by atoms with Gasteiger partial charge in [0.15, 0.2) is 0 Å². The summed E-state index contributed by atoms with van der Waals surface area (Å²) in [5, 5.41) is 3.39. The van der Waals surface area contributed by atoms with E-state index in [0.717, 1.165) is 5.56 Å². The first-order valence-corrected chi connectivity index (χ1v) is 8.12. The Balaban J connectivity index is 2.03. The molecule has 0 heterocycles. The van der Waals surface area contributed by atoms with E-state index in [9.17, 15) is 9.59 Å². The highest BCUT2D eigenvalue weighted by Crippen LogP contribution is 2.25. The summed E-state index contributed by atoms with van der Waals surface area (Å²) in [6, 6.07) is 16.4. The number of carbonyl (C=O) groups excluding carboxylic acids is 2. The third kappa shape index (κ3) is 5.39. The lowest BCUT2D eigenvalue weighted by Gasteiger charge is -2.19. The molecule has 0 saturated carbocycles. The maximum atomic E-state index is 12.3. The number of benzene rings is 2. The number of carbonyl (C=O) groups is 2. The number of nitrogens with one attached hydrogen (secondary N) is 1.